The van der Waals surface area contributed by atoms with Gasteiger partial charge in [0.15, 0.2) is 5.75 Å². The Labute approximate surface area is 184 Å². The Balaban J connectivity index is 1.63. The number of carbonyl (C=O) groups is 1. The van der Waals surface area contributed by atoms with Crippen molar-refractivity contribution in [1.82, 2.24) is 15.1 Å². The first kappa shape index (κ1) is 21.5. The number of anilines is 1. The zero-order valence-corrected chi connectivity index (χ0v) is 17.7. The van der Waals surface area contributed by atoms with Gasteiger partial charge in [0.05, 0.1) is 28.5 Å². The van der Waals surface area contributed by atoms with Crippen molar-refractivity contribution in [3.63, 3.8) is 0 Å². The molecule has 3 N–H and O–H groups in total. The van der Waals surface area contributed by atoms with Crippen LogP contribution in [0.5, 0.6) is 5.75 Å². The largest absolute Gasteiger partial charge is 0.494 e. The highest BCUT2D eigenvalue weighted by Gasteiger charge is 2.17. The summed E-state index contributed by atoms with van der Waals surface area (Å²) in [7, 11) is 1.45. The van der Waals surface area contributed by atoms with Crippen molar-refractivity contribution in [2.24, 2.45) is 0 Å². The van der Waals surface area contributed by atoms with E-state index in [-0.39, 0.29) is 16.0 Å². The molecule has 1 amide bonds. The number of carbonyl (C=O) groups excluding carboxylic acids is 1. The summed E-state index contributed by atoms with van der Waals surface area (Å²) in [6, 6.07) is 14.5. The minimum atomic E-state index is -0.309. The Morgan fingerprint density at radius 1 is 1.27 bits per heavy atom. The van der Waals surface area contributed by atoms with Crippen LogP contribution in [0.2, 0.25) is 10.0 Å². The summed E-state index contributed by atoms with van der Waals surface area (Å²) in [5, 5.41) is 17.3. The van der Waals surface area contributed by atoms with Crippen LogP contribution < -0.4 is 15.8 Å². The Morgan fingerprint density at radius 2 is 1.93 bits per heavy atom. The summed E-state index contributed by atoms with van der Waals surface area (Å²) in [6.45, 7) is 0.378. The number of benzene rings is 2. The third-order valence-electron chi connectivity index (χ3n) is 4.45. The van der Waals surface area contributed by atoms with Crippen molar-refractivity contribution in [3.8, 4) is 17.5 Å². The standard InChI is InChI=1S/C21H19Cl2N5O2/c1-30-19-16(22)10-13(11-17(19)23)21(29)26-9-5-8-18-15(12-24)20(25)28(27-18)14-6-3-2-4-7-14/h2-4,6-7,10-11H,5,8-9,25H2,1H3,(H,26,29). The minimum Gasteiger partial charge on any atom is -0.494 e. The second-order valence-electron chi connectivity index (χ2n) is 6.40. The average Bonchev–Trinajstić information content (AvgIpc) is 3.06. The quantitative estimate of drug-likeness (QED) is 0.536. The normalized spacial score (nSPS) is 10.5. The Hall–Kier alpha value is -3.21. The molecule has 0 unspecified atom stereocenters. The van der Waals surface area contributed by atoms with E-state index in [4.69, 9.17) is 33.7 Å². The fraction of sp³-hybridized carbons (Fsp3) is 0.190. The van der Waals surface area contributed by atoms with Gasteiger partial charge >= 0.3 is 0 Å². The van der Waals surface area contributed by atoms with Gasteiger partial charge in [0.1, 0.15) is 17.5 Å². The number of aryl methyl sites for hydroxylation is 1. The number of methoxy groups -OCH3 is 1. The summed E-state index contributed by atoms with van der Waals surface area (Å²) in [4.78, 5) is 12.4. The molecule has 2 aromatic carbocycles. The van der Waals surface area contributed by atoms with Crippen LogP contribution in [-0.4, -0.2) is 29.3 Å². The molecule has 0 atom stereocenters. The van der Waals surface area contributed by atoms with Crippen molar-refractivity contribution >= 4 is 34.9 Å². The molecule has 0 saturated carbocycles. The van der Waals surface area contributed by atoms with E-state index >= 15 is 0 Å². The predicted octanol–water partition coefficient (Wildman–Crippen LogP) is 4.00. The van der Waals surface area contributed by atoms with Crippen LogP contribution in [0.15, 0.2) is 42.5 Å². The number of amides is 1. The van der Waals surface area contributed by atoms with Crippen LogP contribution in [0.25, 0.3) is 5.69 Å². The predicted molar refractivity (Wildman–Crippen MR) is 116 cm³/mol. The maximum Gasteiger partial charge on any atom is 0.251 e. The number of hydrogen-bond donors (Lipinski definition) is 2. The number of nitrogen functional groups attached to an aromatic ring is 1. The third-order valence-corrected chi connectivity index (χ3v) is 5.01. The van der Waals surface area contributed by atoms with E-state index in [9.17, 15) is 10.1 Å². The number of nitrogens with one attached hydrogen (secondary N) is 1. The van der Waals surface area contributed by atoms with Crippen molar-refractivity contribution in [3.05, 3.63) is 69.3 Å². The number of nitrogens with zero attached hydrogens (tertiary/aromatic N) is 3. The minimum absolute atomic E-state index is 0.260. The molecule has 0 aliphatic heterocycles. The Morgan fingerprint density at radius 3 is 2.53 bits per heavy atom. The highest BCUT2D eigenvalue weighted by molar-refractivity contribution is 6.37. The van der Waals surface area contributed by atoms with E-state index in [0.29, 0.717) is 47.8 Å². The molecule has 1 heterocycles. The molecule has 30 heavy (non-hydrogen) atoms. The van der Waals surface area contributed by atoms with Gasteiger partial charge in [-0.25, -0.2) is 4.68 Å². The third kappa shape index (κ3) is 4.51. The van der Waals surface area contributed by atoms with Crippen molar-refractivity contribution in [2.75, 3.05) is 19.4 Å². The summed E-state index contributed by atoms with van der Waals surface area (Å²) in [5.41, 5.74) is 8.14. The average molecular weight is 444 g/mol. The second kappa shape index (κ2) is 9.53. The van der Waals surface area contributed by atoms with E-state index < -0.39 is 0 Å². The molecule has 0 saturated heterocycles. The van der Waals surface area contributed by atoms with E-state index in [2.05, 4.69) is 16.5 Å². The van der Waals surface area contributed by atoms with Crippen LogP contribution in [-0.2, 0) is 6.42 Å². The molecule has 7 nitrogen and oxygen atoms in total. The lowest BCUT2D eigenvalue weighted by atomic mass is 10.1. The fourth-order valence-electron chi connectivity index (χ4n) is 2.99. The molecule has 0 spiro atoms. The van der Waals surface area contributed by atoms with Crippen LogP contribution in [0.3, 0.4) is 0 Å². The molecule has 0 aliphatic rings. The number of nitrogens with two attached hydrogens (primary N) is 1. The summed E-state index contributed by atoms with van der Waals surface area (Å²) in [5.74, 6) is 0.312. The van der Waals surface area contributed by atoms with Gasteiger partial charge in [-0.05, 0) is 37.1 Å². The number of nitriles is 1. The van der Waals surface area contributed by atoms with Gasteiger partial charge in [0.2, 0.25) is 0 Å². The van der Waals surface area contributed by atoms with Gasteiger partial charge in [-0.1, -0.05) is 41.4 Å². The number of rotatable bonds is 7. The molecule has 0 bridgehead atoms. The lowest BCUT2D eigenvalue weighted by Crippen LogP contribution is -2.25. The molecule has 154 valence electrons. The number of halogens is 2. The number of para-hydroxylation sites is 1. The van der Waals surface area contributed by atoms with Gasteiger partial charge in [0, 0.05) is 12.1 Å². The molecular weight excluding hydrogens is 425 g/mol. The highest BCUT2D eigenvalue weighted by atomic mass is 35.5. The van der Waals surface area contributed by atoms with Gasteiger partial charge in [-0.3, -0.25) is 4.79 Å². The fourth-order valence-corrected chi connectivity index (χ4v) is 3.63. The molecule has 0 aliphatic carbocycles. The zero-order valence-electron chi connectivity index (χ0n) is 16.2. The van der Waals surface area contributed by atoms with Gasteiger partial charge in [-0.15, -0.1) is 0 Å². The zero-order chi connectivity index (χ0) is 21.7. The molecule has 9 heteroatoms. The maximum absolute atomic E-state index is 12.4. The van der Waals surface area contributed by atoms with E-state index in [1.165, 1.54) is 19.2 Å². The lowest BCUT2D eigenvalue weighted by molar-refractivity contribution is 0.0953. The van der Waals surface area contributed by atoms with E-state index in [1.54, 1.807) is 4.68 Å². The highest BCUT2D eigenvalue weighted by Crippen LogP contribution is 2.33. The van der Waals surface area contributed by atoms with Crippen LogP contribution >= 0.6 is 23.2 Å². The Kier molecular flexibility index (Phi) is 6.83. The monoisotopic (exact) mass is 443 g/mol. The van der Waals surface area contributed by atoms with Crippen LogP contribution in [0, 0.1) is 11.3 Å². The molecule has 1 aromatic heterocycles. The SMILES string of the molecule is COc1c(Cl)cc(C(=O)NCCCc2nn(-c3ccccc3)c(N)c2C#N)cc1Cl. The summed E-state index contributed by atoms with van der Waals surface area (Å²) < 4.78 is 6.63. The molecular formula is C21H19Cl2N5O2. The molecule has 3 rings (SSSR count). The first-order valence-corrected chi connectivity index (χ1v) is 9.86. The first-order chi connectivity index (χ1) is 14.5. The number of hydrogen-bond acceptors (Lipinski definition) is 5. The van der Waals surface area contributed by atoms with E-state index in [0.717, 1.165) is 5.69 Å². The number of aromatic nitrogens is 2. The molecule has 0 radical (unpaired) electrons. The van der Waals surface area contributed by atoms with Crippen LogP contribution in [0.1, 0.15) is 28.0 Å². The van der Waals surface area contributed by atoms with Gasteiger partial charge in [0.25, 0.3) is 5.91 Å². The van der Waals surface area contributed by atoms with Gasteiger partial charge in [-0.2, -0.15) is 10.4 Å². The van der Waals surface area contributed by atoms with Crippen molar-refractivity contribution in [1.29, 1.82) is 5.26 Å². The van der Waals surface area contributed by atoms with Crippen molar-refractivity contribution < 1.29 is 9.53 Å². The summed E-state index contributed by atoms with van der Waals surface area (Å²) in [6.07, 6.45) is 1.06. The second-order valence-corrected chi connectivity index (χ2v) is 7.21. The lowest BCUT2D eigenvalue weighted by Gasteiger charge is -2.09. The molecule has 3 aromatic rings. The Bertz CT molecular complexity index is 1080. The van der Waals surface area contributed by atoms with Crippen LogP contribution in [0.4, 0.5) is 5.82 Å². The molecule has 0 fully saturated rings. The maximum atomic E-state index is 12.4. The van der Waals surface area contributed by atoms with E-state index in [1.807, 2.05) is 30.3 Å². The smallest absolute Gasteiger partial charge is 0.251 e. The van der Waals surface area contributed by atoms with Gasteiger partial charge < -0.3 is 15.8 Å². The first-order valence-electron chi connectivity index (χ1n) is 9.10. The topological polar surface area (TPSA) is 106 Å². The number of ether oxygens (including phenoxy) is 1. The summed E-state index contributed by atoms with van der Waals surface area (Å²) >= 11 is 12.2. The van der Waals surface area contributed by atoms with Crippen molar-refractivity contribution in [2.45, 2.75) is 12.8 Å².